The molecule has 74 valence electrons. The van der Waals surface area contributed by atoms with E-state index in [0.29, 0.717) is 5.92 Å². The summed E-state index contributed by atoms with van der Waals surface area (Å²) in [7, 11) is 0. The molecule has 1 nitrogen and oxygen atoms in total. The first kappa shape index (κ1) is 12.2. The van der Waals surface area contributed by atoms with Crippen LogP contribution in [0.5, 0.6) is 0 Å². The van der Waals surface area contributed by atoms with Gasteiger partial charge in [-0.1, -0.05) is 50.3 Å². The molecule has 0 aliphatic heterocycles. The van der Waals surface area contributed by atoms with Crippen LogP contribution in [0.1, 0.15) is 20.8 Å². The van der Waals surface area contributed by atoms with Crippen molar-refractivity contribution in [3.63, 3.8) is 0 Å². The van der Waals surface area contributed by atoms with Crippen LogP contribution in [0, 0.1) is 5.92 Å². The van der Waals surface area contributed by atoms with E-state index in [9.17, 15) is 0 Å². The summed E-state index contributed by atoms with van der Waals surface area (Å²) in [6, 6.07) is 0. The molecule has 0 aromatic heterocycles. The van der Waals surface area contributed by atoms with Crippen LogP contribution in [0.15, 0.2) is 36.5 Å². The number of hydrogen-bond acceptors (Lipinski definition) is 1. The zero-order chi connectivity index (χ0) is 10.3. The fraction of sp³-hybridized carbons (Fsp3) is 0.500. The summed E-state index contributed by atoms with van der Waals surface area (Å²) >= 11 is 0. The number of hydrogen-bond donors (Lipinski definition) is 1. The maximum atomic E-state index is 4.01. The Labute approximate surface area is 82.2 Å². The molecule has 0 aromatic rings. The molecule has 0 rings (SSSR count). The van der Waals surface area contributed by atoms with Crippen molar-refractivity contribution in [1.82, 2.24) is 5.32 Å². The molecule has 0 spiro atoms. The van der Waals surface area contributed by atoms with Gasteiger partial charge in [-0.05, 0) is 19.4 Å². The monoisotopic (exact) mass is 179 g/mol. The van der Waals surface area contributed by atoms with E-state index in [1.54, 1.807) is 0 Å². The summed E-state index contributed by atoms with van der Waals surface area (Å²) in [6.45, 7) is 16.1. The second kappa shape index (κ2) is 6.67. The Hall–Kier alpha value is -0.820. The summed E-state index contributed by atoms with van der Waals surface area (Å²) < 4.78 is 0. The van der Waals surface area contributed by atoms with Gasteiger partial charge in [0.2, 0.25) is 0 Å². The summed E-state index contributed by atoms with van der Waals surface area (Å²) in [5.74, 6) is 0.496. The van der Waals surface area contributed by atoms with Crippen molar-refractivity contribution < 1.29 is 0 Å². The van der Waals surface area contributed by atoms with Gasteiger partial charge in [-0.2, -0.15) is 0 Å². The van der Waals surface area contributed by atoms with Crippen molar-refractivity contribution in [1.29, 1.82) is 0 Å². The molecule has 1 heteroatoms. The third-order valence-electron chi connectivity index (χ3n) is 1.92. The van der Waals surface area contributed by atoms with Gasteiger partial charge >= 0.3 is 0 Å². The van der Waals surface area contributed by atoms with Crippen molar-refractivity contribution in [3.05, 3.63) is 36.5 Å². The molecule has 0 saturated heterocycles. The Morgan fingerprint density at radius 1 is 1.38 bits per heavy atom. The quantitative estimate of drug-likeness (QED) is 0.618. The molecule has 0 bridgehead atoms. The first-order valence-electron chi connectivity index (χ1n) is 4.81. The minimum atomic E-state index is 0.496. The highest BCUT2D eigenvalue weighted by molar-refractivity contribution is 5.24. The Bertz CT molecular complexity index is 201. The van der Waals surface area contributed by atoms with Gasteiger partial charge < -0.3 is 5.32 Å². The standard InChI is InChI=1S/C12H21N/c1-6-13-9-12(5)11(4)8-7-10(2)3/h7-8,12-13H,2,4,6,9H2,1,3,5H3/b8-7-. The average Bonchev–Trinajstić information content (AvgIpc) is 2.10. The smallest absolute Gasteiger partial charge is 0.00171 e. The summed E-state index contributed by atoms with van der Waals surface area (Å²) in [5.41, 5.74) is 2.22. The summed E-state index contributed by atoms with van der Waals surface area (Å²) in [5, 5.41) is 3.30. The molecule has 13 heavy (non-hydrogen) atoms. The maximum Gasteiger partial charge on any atom is 0.00171 e. The lowest BCUT2D eigenvalue weighted by atomic mass is 10.0. The van der Waals surface area contributed by atoms with E-state index in [0.717, 1.165) is 24.2 Å². The SMILES string of the molecule is C=C(C)/C=C\C(=C)C(C)CNCC. The minimum Gasteiger partial charge on any atom is -0.316 e. The zero-order valence-electron chi connectivity index (χ0n) is 9.06. The van der Waals surface area contributed by atoms with Crippen LogP contribution >= 0.6 is 0 Å². The van der Waals surface area contributed by atoms with Gasteiger partial charge in [0.1, 0.15) is 0 Å². The van der Waals surface area contributed by atoms with Crippen molar-refractivity contribution in [3.8, 4) is 0 Å². The predicted octanol–water partition coefficient (Wildman–Crippen LogP) is 2.92. The van der Waals surface area contributed by atoms with Crippen molar-refractivity contribution in [2.45, 2.75) is 20.8 Å². The number of nitrogens with one attached hydrogen (secondary N) is 1. The third kappa shape index (κ3) is 6.35. The molecule has 0 heterocycles. The van der Waals surface area contributed by atoms with Crippen LogP contribution in [-0.4, -0.2) is 13.1 Å². The lowest BCUT2D eigenvalue weighted by Crippen LogP contribution is -2.21. The average molecular weight is 179 g/mol. The fourth-order valence-electron chi connectivity index (χ4n) is 0.906. The Kier molecular flexibility index (Phi) is 6.25. The molecule has 1 N–H and O–H groups in total. The van der Waals surface area contributed by atoms with Gasteiger partial charge in [-0.3, -0.25) is 0 Å². The van der Waals surface area contributed by atoms with Crippen LogP contribution in [0.3, 0.4) is 0 Å². The molecule has 0 fully saturated rings. The molecule has 1 atom stereocenters. The fourth-order valence-corrected chi connectivity index (χ4v) is 0.906. The Balaban J connectivity index is 3.89. The van der Waals surface area contributed by atoms with Crippen molar-refractivity contribution in [2.24, 2.45) is 5.92 Å². The topological polar surface area (TPSA) is 12.0 Å². The van der Waals surface area contributed by atoms with E-state index >= 15 is 0 Å². The highest BCUT2D eigenvalue weighted by atomic mass is 14.8. The normalized spacial score (nSPS) is 13.2. The summed E-state index contributed by atoms with van der Waals surface area (Å²) in [6.07, 6.45) is 4.05. The van der Waals surface area contributed by atoms with Crippen molar-refractivity contribution in [2.75, 3.05) is 13.1 Å². The molecule has 0 aliphatic carbocycles. The molecule has 0 radical (unpaired) electrons. The molecule has 0 aromatic carbocycles. The van der Waals surface area contributed by atoms with E-state index in [2.05, 4.69) is 32.3 Å². The molecule has 0 amide bonds. The first-order valence-corrected chi connectivity index (χ1v) is 4.81. The maximum absolute atomic E-state index is 4.01. The first-order chi connectivity index (χ1) is 6.07. The molecule has 1 unspecified atom stereocenters. The van der Waals surface area contributed by atoms with E-state index in [-0.39, 0.29) is 0 Å². The highest BCUT2D eigenvalue weighted by Crippen LogP contribution is 2.09. The van der Waals surface area contributed by atoms with Crippen LogP contribution in [0.25, 0.3) is 0 Å². The van der Waals surface area contributed by atoms with Crippen LogP contribution in [0.4, 0.5) is 0 Å². The van der Waals surface area contributed by atoms with E-state index in [1.807, 2.05) is 19.1 Å². The van der Waals surface area contributed by atoms with Gasteiger partial charge in [0.25, 0.3) is 0 Å². The Morgan fingerprint density at radius 3 is 2.46 bits per heavy atom. The van der Waals surface area contributed by atoms with E-state index in [4.69, 9.17) is 0 Å². The second-order valence-corrected chi connectivity index (χ2v) is 3.46. The van der Waals surface area contributed by atoms with Crippen LogP contribution in [-0.2, 0) is 0 Å². The van der Waals surface area contributed by atoms with E-state index in [1.165, 1.54) is 0 Å². The minimum absolute atomic E-state index is 0.496. The van der Waals surface area contributed by atoms with Gasteiger partial charge in [0, 0.05) is 6.54 Å². The third-order valence-corrected chi connectivity index (χ3v) is 1.92. The molecule has 0 aliphatic rings. The van der Waals surface area contributed by atoms with Gasteiger partial charge in [0.15, 0.2) is 0 Å². The molecular formula is C12H21N. The molecule has 0 saturated carbocycles. The zero-order valence-corrected chi connectivity index (χ0v) is 9.06. The van der Waals surface area contributed by atoms with Crippen LogP contribution in [0.2, 0.25) is 0 Å². The van der Waals surface area contributed by atoms with Gasteiger partial charge in [0.05, 0.1) is 0 Å². The largest absolute Gasteiger partial charge is 0.316 e. The molecular weight excluding hydrogens is 158 g/mol. The van der Waals surface area contributed by atoms with Gasteiger partial charge in [-0.15, -0.1) is 0 Å². The summed E-state index contributed by atoms with van der Waals surface area (Å²) in [4.78, 5) is 0. The number of rotatable bonds is 6. The van der Waals surface area contributed by atoms with E-state index < -0.39 is 0 Å². The lowest BCUT2D eigenvalue weighted by molar-refractivity contribution is 0.597. The van der Waals surface area contributed by atoms with Crippen LogP contribution < -0.4 is 5.32 Å². The predicted molar refractivity (Wildman–Crippen MR) is 60.8 cm³/mol. The lowest BCUT2D eigenvalue weighted by Gasteiger charge is -2.11. The number of allylic oxidation sites excluding steroid dienone is 3. The Morgan fingerprint density at radius 2 is 2.00 bits per heavy atom. The van der Waals surface area contributed by atoms with Gasteiger partial charge in [-0.25, -0.2) is 0 Å². The van der Waals surface area contributed by atoms with Crippen molar-refractivity contribution >= 4 is 0 Å². The second-order valence-electron chi connectivity index (χ2n) is 3.46. The highest BCUT2D eigenvalue weighted by Gasteiger charge is 2.01.